The van der Waals surface area contributed by atoms with Crippen molar-refractivity contribution in [1.82, 2.24) is 0 Å². The summed E-state index contributed by atoms with van der Waals surface area (Å²) < 4.78 is 19.0. The maximum absolute atomic E-state index is 13.2. The Kier molecular flexibility index (Phi) is 2.76. The first kappa shape index (κ1) is 11.2. The van der Waals surface area contributed by atoms with Crippen LogP contribution in [0.1, 0.15) is 13.8 Å². The van der Waals surface area contributed by atoms with Crippen LogP contribution < -0.4 is 15.4 Å². The SMILES string of the molecule is CC1(C)CN(CCN)c2cc(F)ccc2O1. The summed E-state index contributed by atoms with van der Waals surface area (Å²) in [6, 6.07) is 4.59. The molecule has 0 atom stereocenters. The summed E-state index contributed by atoms with van der Waals surface area (Å²) in [6.45, 7) is 6.02. The van der Waals surface area contributed by atoms with E-state index in [-0.39, 0.29) is 11.4 Å². The molecule has 0 saturated carbocycles. The molecule has 0 spiro atoms. The number of anilines is 1. The Labute approximate surface area is 95.0 Å². The van der Waals surface area contributed by atoms with Crippen molar-refractivity contribution in [3.63, 3.8) is 0 Å². The van der Waals surface area contributed by atoms with Crippen molar-refractivity contribution < 1.29 is 9.13 Å². The zero-order chi connectivity index (χ0) is 11.8. The number of hydrogen-bond donors (Lipinski definition) is 1. The van der Waals surface area contributed by atoms with Gasteiger partial charge in [0, 0.05) is 19.2 Å². The molecule has 0 saturated heterocycles. The highest BCUT2D eigenvalue weighted by molar-refractivity contribution is 5.60. The maximum Gasteiger partial charge on any atom is 0.143 e. The molecule has 4 heteroatoms. The molecule has 3 nitrogen and oxygen atoms in total. The highest BCUT2D eigenvalue weighted by Crippen LogP contribution is 2.36. The monoisotopic (exact) mass is 224 g/mol. The van der Waals surface area contributed by atoms with Crippen LogP contribution in [0.4, 0.5) is 10.1 Å². The van der Waals surface area contributed by atoms with Crippen LogP contribution in [0.5, 0.6) is 5.75 Å². The zero-order valence-electron chi connectivity index (χ0n) is 9.66. The van der Waals surface area contributed by atoms with Crippen LogP contribution in [0.15, 0.2) is 18.2 Å². The summed E-state index contributed by atoms with van der Waals surface area (Å²) in [6.07, 6.45) is 0. The van der Waals surface area contributed by atoms with Gasteiger partial charge in [0.25, 0.3) is 0 Å². The van der Waals surface area contributed by atoms with Crippen LogP contribution in [-0.4, -0.2) is 25.2 Å². The number of nitrogens with zero attached hydrogens (tertiary/aromatic N) is 1. The number of fused-ring (bicyclic) bond motifs is 1. The fourth-order valence-electron chi connectivity index (χ4n) is 2.05. The van der Waals surface area contributed by atoms with Crippen LogP contribution in [0.3, 0.4) is 0 Å². The van der Waals surface area contributed by atoms with Crippen LogP contribution in [0.25, 0.3) is 0 Å². The Hall–Kier alpha value is -1.29. The summed E-state index contributed by atoms with van der Waals surface area (Å²) in [5, 5.41) is 0. The van der Waals surface area contributed by atoms with Crippen molar-refractivity contribution in [2.75, 3.05) is 24.5 Å². The molecule has 1 aromatic carbocycles. The number of benzene rings is 1. The molecule has 2 rings (SSSR count). The smallest absolute Gasteiger partial charge is 0.143 e. The number of halogens is 1. The van der Waals surface area contributed by atoms with Gasteiger partial charge in [-0.15, -0.1) is 0 Å². The predicted octanol–water partition coefficient (Wildman–Crippen LogP) is 1.76. The first-order valence-corrected chi connectivity index (χ1v) is 5.45. The minimum absolute atomic E-state index is 0.246. The second-order valence-corrected chi connectivity index (χ2v) is 4.68. The summed E-state index contributed by atoms with van der Waals surface area (Å²) in [5.74, 6) is 0.482. The third-order valence-corrected chi connectivity index (χ3v) is 2.62. The average Bonchev–Trinajstić information content (AvgIpc) is 2.18. The van der Waals surface area contributed by atoms with Gasteiger partial charge in [0.05, 0.1) is 12.2 Å². The fourth-order valence-corrected chi connectivity index (χ4v) is 2.05. The van der Waals surface area contributed by atoms with Crippen molar-refractivity contribution in [3.05, 3.63) is 24.0 Å². The van der Waals surface area contributed by atoms with Gasteiger partial charge in [-0.1, -0.05) is 0 Å². The second-order valence-electron chi connectivity index (χ2n) is 4.68. The van der Waals surface area contributed by atoms with Gasteiger partial charge >= 0.3 is 0 Å². The Bertz CT molecular complexity index is 393. The lowest BCUT2D eigenvalue weighted by Gasteiger charge is -2.40. The molecule has 1 heterocycles. The lowest BCUT2D eigenvalue weighted by molar-refractivity contribution is 0.105. The van der Waals surface area contributed by atoms with E-state index in [9.17, 15) is 4.39 Å². The van der Waals surface area contributed by atoms with E-state index in [4.69, 9.17) is 10.5 Å². The van der Waals surface area contributed by atoms with Crippen LogP contribution in [0.2, 0.25) is 0 Å². The summed E-state index contributed by atoms with van der Waals surface area (Å²) >= 11 is 0. The van der Waals surface area contributed by atoms with E-state index in [1.165, 1.54) is 12.1 Å². The summed E-state index contributed by atoms with van der Waals surface area (Å²) in [5.41, 5.74) is 6.10. The van der Waals surface area contributed by atoms with E-state index in [0.717, 1.165) is 18.0 Å². The first-order valence-electron chi connectivity index (χ1n) is 5.45. The van der Waals surface area contributed by atoms with Gasteiger partial charge < -0.3 is 15.4 Å². The third kappa shape index (κ3) is 2.11. The molecular weight excluding hydrogens is 207 g/mol. The molecule has 0 aromatic heterocycles. The standard InChI is InChI=1S/C12H17FN2O/c1-12(2)8-15(6-5-14)10-7-9(13)3-4-11(10)16-12/h3-4,7H,5-6,8,14H2,1-2H3. The van der Waals surface area contributed by atoms with Crippen molar-refractivity contribution in [3.8, 4) is 5.75 Å². The normalized spacial score (nSPS) is 17.9. The lowest BCUT2D eigenvalue weighted by Crippen LogP contribution is -2.48. The van der Waals surface area contributed by atoms with Gasteiger partial charge in [0.15, 0.2) is 0 Å². The fraction of sp³-hybridized carbons (Fsp3) is 0.500. The van der Waals surface area contributed by atoms with E-state index in [1.54, 1.807) is 6.07 Å². The Balaban J connectivity index is 2.39. The first-order chi connectivity index (χ1) is 7.52. The Morgan fingerprint density at radius 1 is 1.50 bits per heavy atom. The van der Waals surface area contributed by atoms with E-state index >= 15 is 0 Å². The molecule has 2 N–H and O–H groups in total. The lowest BCUT2D eigenvalue weighted by atomic mass is 10.1. The number of nitrogens with two attached hydrogens (primary N) is 1. The second kappa shape index (κ2) is 3.94. The largest absolute Gasteiger partial charge is 0.484 e. The van der Waals surface area contributed by atoms with Crippen molar-refractivity contribution in [2.45, 2.75) is 19.4 Å². The highest BCUT2D eigenvalue weighted by Gasteiger charge is 2.31. The van der Waals surface area contributed by atoms with Crippen molar-refractivity contribution >= 4 is 5.69 Å². The summed E-state index contributed by atoms with van der Waals surface area (Å²) in [7, 11) is 0. The van der Waals surface area contributed by atoms with E-state index in [0.29, 0.717) is 13.1 Å². The summed E-state index contributed by atoms with van der Waals surface area (Å²) in [4.78, 5) is 2.07. The van der Waals surface area contributed by atoms with Crippen molar-refractivity contribution in [2.24, 2.45) is 5.73 Å². The van der Waals surface area contributed by atoms with Gasteiger partial charge in [-0.05, 0) is 26.0 Å². The average molecular weight is 224 g/mol. The van der Waals surface area contributed by atoms with Gasteiger partial charge in [-0.3, -0.25) is 0 Å². The molecule has 16 heavy (non-hydrogen) atoms. The molecule has 88 valence electrons. The number of ether oxygens (including phenoxy) is 1. The Morgan fingerprint density at radius 2 is 2.25 bits per heavy atom. The topological polar surface area (TPSA) is 38.5 Å². The molecule has 1 aliphatic rings. The molecule has 0 radical (unpaired) electrons. The molecule has 1 aliphatic heterocycles. The zero-order valence-corrected chi connectivity index (χ0v) is 9.66. The van der Waals surface area contributed by atoms with E-state index < -0.39 is 0 Å². The Morgan fingerprint density at radius 3 is 2.94 bits per heavy atom. The maximum atomic E-state index is 13.2. The molecule has 1 aromatic rings. The minimum Gasteiger partial charge on any atom is -0.484 e. The van der Waals surface area contributed by atoms with Crippen molar-refractivity contribution in [1.29, 1.82) is 0 Å². The van der Waals surface area contributed by atoms with Gasteiger partial charge in [-0.2, -0.15) is 0 Å². The molecule has 0 fully saturated rings. The number of rotatable bonds is 2. The van der Waals surface area contributed by atoms with Crippen LogP contribution >= 0.6 is 0 Å². The molecule has 0 bridgehead atoms. The van der Waals surface area contributed by atoms with E-state index in [1.807, 2.05) is 13.8 Å². The third-order valence-electron chi connectivity index (χ3n) is 2.62. The van der Waals surface area contributed by atoms with Crippen LogP contribution in [0, 0.1) is 5.82 Å². The molecule has 0 aliphatic carbocycles. The van der Waals surface area contributed by atoms with Crippen LogP contribution in [-0.2, 0) is 0 Å². The minimum atomic E-state index is -0.264. The van der Waals surface area contributed by atoms with Gasteiger partial charge in [0.2, 0.25) is 0 Å². The van der Waals surface area contributed by atoms with Gasteiger partial charge in [0.1, 0.15) is 17.2 Å². The quantitative estimate of drug-likeness (QED) is 0.832. The molecule has 0 unspecified atom stereocenters. The molecular formula is C12H17FN2O. The van der Waals surface area contributed by atoms with E-state index in [2.05, 4.69) is 4.90 Å². The molecule has 0 amide bonds. The highest BCUT2D eigenvalue weighted by atomic mass is 19.1. The number of hydrogen-bond acceptors (Lipinski definition) is 3. The predicted molar refractivity (Wildman–Crippen MR) is 62.4 cm³/mol. The van der Waals surface area contributed by atoms with Gasteiger partial charge in [-0.25, -0.2) is 4.39 Å².